The van der Waals surface area contributed by atoms with Gasteiger partial charge in [-0.1, -0.05) is 42.3 Å². The van der Waals surface area contributed by atoms with Crippen LogP contribution in [0.2, 0.25) is 0 Å². The van der Waals surface area contributed by atoms with Crippen molar-refractivity contribution in [1.29, 1.82) is 0 Å². The van der Waals surface area contributed by atoms with Crippen molar-refractivity contribution >= 4 is 27.9 Å². The standard InChI is InChI=1S/C21H29BrN2OS/c1-21(2,3)26-24-17(12-8-11-16-9-6-5-7-10-16)15-19-18(22)13-14-20(23-19)25-4/h5-7,9-10,13-14,17,24H,8,11-12,15H2,1-4H3. The lowest BCUT2D eigenvalue weighted by Crippen LogP contribution is -2.30. The Balaban J connectivity index is 2.00. The van der Waals surface area contributed by atoms with E-state index in [1.54, 1.807) is 19.1 Å². The molecule has 0 radical (unpaired) electrons. The maximum Gasteiger partial charge on any atom is 0.213 e. The number of hydrogen-bond acceptors (Lipinski definition) is 4. The maximum absolute atomic E-state index is 5.29. The van der Waals surface area contributed by atoms with E-state index < -0.39 is 0 Å². The van der Waals surface area contributed by atoms with E-state index in [4.69, 9.17) is 4.74 Å². The molecule has 2 rings (SSSR count). The smallest absolute Gasteiger partial charge is 0.213 e. The number of aryl methyl sites for hydroxylation is 1. The van der Waals surface area contributed by atoms with Crippen LogP contribution in [0.3, 0.4) is 0 Å². The van der Waals surface area contributed by atoms with Gasteiger partial charge in [-0.25, -0.2) is 4.98 Å². The molecule has 0 spiro atoms. The number of benzene rings is 1. The van der Waals surface area contributed by atoms with Crippen molar-refractivity contribution < 1.29 is 4.74 Å². The number of halogens is 1. The maximum atomic E-state index is 5.29. The Morgan fingerprint density at radius 2 is 1.88 bits per heavy atom. The van der Waals surface area contributed by atoms with Crippen molar-refractivity contribution in [2.75, 3.05) is 7.11 Å². The molecule has 1 unspecified atom stereocenters. The summed E-state index contributed by atoms with van der Waals surface area (Å²) in [6, 6.07) is 14.9. The summed E-state index contributed by atoms with van der Waals surface area (Å²) >= 11 is 5.43. The fourth-order valence-corrected chi connectivity index (χ4v) is 3.72. The second-order valence-electron chi connectivity index (χ2n) is 7.39. The first-order valence-corrected chi connectivity index (χ1v) is 10.6. The number of methoxy groups -OCH3 is 1. The molecule has 0 aliphatic carbocycles. The van der Waals surface area contributed by atoms with Crippen LogP contribution in [0.25, 0.3) is 0 Å². The molecule has 0 amide bonds. The Morgan fingerprint density at radius 1 is 1.15 bits per heavy atom. The number of rotatable bonds is 9. The zero-order valence-electron chi connectivity index (χ0n) is 16.1. The Labute approximate surface area is 170 Å². The first-order chi connectivity index (χ1) is 12.4. The van der Waals surface area contributed by atoms with Crippen molar-refractivity contribution in [2.45, 2.75) is 57.2 Å². The van der Waals surface area contributed by atoms with Crippen molar-refractivity contribution in [3.8, 4) is 5.88 Å². The van der Waals surface area contributed by atoms with E-state index in [0.29, 0.717) is 11.9 Å². The van der Waals surface area contributed by atoms with Crippen LogP contribution in [0.5, 0.6) is 5.88 Å². The van der Waals surface area contributed by atoms with Crippen LogP contribution in [0, 0.1) is 0 Å². The molecule has 1 aromatic carbocycles. The lowest BCUT2D eigenvalue weighted by Gasteiger charge is -2.24. The van der Waals surface area contributed by atoms with Crippen LogP contribution < -0.4 is 9.46 Å². The minimum absolute atomic E-state index is 0.177. The monoisotopic (exact) mass is 436 g/mol. The van der Waals surface area contributed by atoms with Gasteiger partial charge in [-0.15, -0.1) is 0 Å². The van der Waals surface area contributed by atoms with Crippen LogP contribution in [-0.4, -0.2) is 22.9 Å². The SMILES string of the molecule is COc1ccc(Br)c(CC(CCCc2ccccc2)NSC(C)(C)C)n1. The molecular formula is C21H29BrN2OS. The highest BCUT2D eigenvalue weighted by Crippen LogP contribution is 2.25. The van der Waals surface area contributed by atoms with Gasteiger partial charge in [0.15, 0.2) is 0 Å². The average Bonchev–Trinajstić information content (AvgIpc) is 2.61. The molecule has 0 saturated heterocycles. The average molecular weight is 437 g/mol. The molecular weight excluding hydrogens is 408 g/mol. The number of ether oxygens (including phenoxy) is 1. The Morgan fingerprint density at radius 3 is 2.54 bits per heavy atom. The van der Waals surface area contributed by atoms with Gasteiger partial charge in [0.1, 0.15) is 0 Å². The summed E-state index contributed by atoms with van der Waals surface area (Å²) in [5.74, 6) is 0.662. The van der Waals surface area contributed by atoms with Gasteiger partial charge in [0.25, 0.3) is 0 Å². The molecule has 0 saturated carbocycles. The second-order valence-corrected chi connectivity index (χ2v) is 9.91. The largest absolute Gasteiger partial charge is 0.481 e. The summed E-state index contributed by atoms with van der Waals surface area (Å²) in [6.07, 6.45) is 4.22. The zero-order valence-corrected chi connectivity index (χ0v) is 18.5. The van der Waals surface area contributed by atoms with Crippen LogP contribution in [0.1, 0.15) is 44.9 Å². The highest BCUT2D eigenvalue weighted by atomic mass is 79.9. The quantitative estimate of drug-likeness (QED) is 0.501. The van der Waals surface area contributed by atoms with Crippen molar-refractivity contribution in [3.05, 3.63) is 58.2 Å². The van der Waals surface area contributed by atoms with E-state index >= 15 is 0 Å². The van der Waals surface area contributed by atoms with Crippen molar-refractivity contribution in [3.63, 3.8) is 0 Å². The van der Waals surface area contributed by atoms with Crippen LogP contribution in [0.4, 0.5) is 0 Å². The minimum atomic E-state index is 0.177. The second kappa shape index (κ2) is 10.3. The van der Waals surface area contributed by atoms with E-state index in [1.165, 1.54) is 5.56 Å². The molecule has 26 heavy (non-hydrogen) atoms. The fraction of sp³-hybridized carbons (Fsp3) is 0.476. The van der Waals surface area contributed by atoms with Gasteiger partial charge in [0.2, 0.25) is 5.88 Å². The van der Waals surface area contributed by atoms with E-state index in [9.17, 15) is 0 Å². The van der Waals surface area contributed by atoms with Crippen LogP contribution in [0.15, 0.2) is 46.9 Å². The summed E-state index contributed by atoms with van der Waals surface area (Å²) in [5, 5.41) is 0. The summed E-state index contributed by atoms with van der Waals surface area (Å²) in [7, 11) is 1.66. The molecule has 0 aliphatic heterocycles. The Hall–Kier alpha value is -1.04. The zero-order chi connectivity index (χ0) is 19.0. The number of nitrogens with one attached hydrogen (secondary N) is 1. The van der Waals surface area contributed by atoms with Gasteiger partial charge < -0.3 is 4.74 Å². The van der Waals surface area contributed by atoms with E-state index in [0.717, 1.165) is 35.8 Å². The van der Waals surface area contributed by atoms with Crippen molar-refractivity contribution in [1.82, 2.24) is 9.71 Å². The van der Waals surface area contributed by atoms with Crippen LogP contribution in [-0.2, 0) is 12.8 Å². The van der Waals surface area contributed by atoms with Crippen LogP contribution >= 0.6 is 27.9 Å². The molecule has 0 fully saturated rings. The third-order valence-electron chi connectivity index (χ3n) is 3.93. The normalized spacial score (nSPS) is 12.8. The molecule has 2 aromatic rings. The number of pyridine rings is 1. The predicted molar refractivity (Wildman–Crippen MR) is 116 cm³/mol. The summed E-state index contributed by atoms with van der Waals surface area (Å²) in [6.45, 7) is 6.68. The minimum Gasteiger partial charge on any atom is -0.481 e. The lowest BCUT2D eigenvalue weighted by atomic mass is 10.0. The van der Waals surface area contributed by atoms with Gasteiger partial charge in [0.05, 0.1) is 12.8 Å². The third-order valence-corrected chi connectivity index (χ3v) is 5.72. The number of nitrogens with zero attached hydrogens (tertiary/aromatic N) is 1. The molecule has 1 atom stereocenters. The molecule has 142 valence electrons. The molecule has 0 bridgehead atoms. The topological polar surface area (TPSA) is 34.1 Å². The molecule has 5 heteroatoms. The predicted octanol–water partition coefficient (Wildman–Crippen LogP) is 5.82. The van der Waals surface area contributed by atoms with Crippen molar-refractivity contribution in [2.24, 2.45) is 0 Å². The third kappa shape index (κ3) is 7.68. The summed E-state index contributed by atoms with van der Waals surface area (Å²) in [5.41, 5.74) is 2.44. The fourth-order valence-electron chi connectivity index (χ4n) is 2.61. The molecule has 1 N–H and O–H groups in total. The molecule has 3 nitrogen and oxygen atoms in total. The Bertz CT molecular complexity index is 673. The van der Waals surface area contributed by atoms with Gasteiger partial charge in [-0.3, -0.25) is 4.72 Å². The highest BCUT2D eigenvalue weighted by molar-refractivity contribution is 9.10. The molecule has 1 aromatic heterocycles. The van der Waals surface area contributed by atoms with Gasteiger partial charge in [0, 0.05) is 27.7 Å². The van der Waals surface area contributed by atoms with Gasteiger partial charge in [-0.05, 0) is 67.6 Å². The van der Waals surface area contributed by atoms with Gasteiger partial charge in [-0.2, -0.15) is 0 Å². The first-order valence-electron chi connectivity index (χ1n) is 9.04. The number of aromatic nitrogens is 1. The van der Waals surface area contributed by atoms with E-state index in [1.807, 2.05) is 12.1 Å². The summed E-state index contributed by atoms with van der Waals surface area (Å²) < 4.78 is 10.2. The van der Waals surface area contributed by atoms with Gasteiger partial charge >= 0.3 is 0 Å². The lowest BCUT2D eigenvalue weighted by molar-refractivity contribution is 0.395. The Kier molecular flexibility index (Phi) is 8.45. The number of hydrogen-bond donors (Lipinski definition) is 1. The highest BCUT2D eigenvalue weighted by Gasteiger charge is 2.18. The van der Waals surface area contributed by atoms with E-state index in [2.05, 4.69) is 76.7 Å². The summed E-state index contributed by atoms with van der Waals surface area (Å²) in [4.78, 5) is 4.62. The molecule has 1 heterocycles. The molecule has 0 aliphatic rings. The van der Waals surface area contributed by atoms with E-state index in [-0.39, 0.29) is 4.75 Å². The first kappa shape index (κ1) is 21.3.